The molecule has 3 N–H and O–H groups in total. The number of hydrogen-bond acceptors (Lipinski definition) is 3. The maximum absolute atomic E-state index is 8.11. The predicted molar refractivity (Wildman–Crippen MR) is 68.2 cm³/mol. The Balaban J connectivity index is 2.11. The number of benzene rings is 1. The Labute approximate surface area is 97.8 Å². The molecule has 0 aliphatic heterocycles. The summed E-state index contributed by atoms with van der Waals surface area (Å²) in [6.45, 7) is 0.478. The van der Waals surface area contributed by atoms with Gasteiger partial charge in [-0.25, -0.2) is 0 Å². The van der Waals surface area contributed by atoms with E-state index >= 15 is 0 Å². The Morgan fingerprint density at radius 2 is 2.41 bits per heavy atom. The zero-order valence-corrected chi connectivity index (χ0v) is 9.17. The van der Waals surface area contributed by atoms with Crippen LogP contribution in [0.1, 0.15) is 12.0 Å². The number of rotatable bonds is 4. The van der Waals surface area contributed by atoms with Crippen LogP contribution in [0.5, 0.6) is 0 Å². The van der Waals surface area contributed by atoms with E-state index in [0.29, 0.717) is 12.4 Å². The van der Waals surface area contributed by atoms with Crippen molar-refractivity contribution in [2.24, 2.45) is 5.11 Å². The molecule has 1 heterocycles. The summed E-state index contributed by atoms with van der Waals surface area (Å²) >= 11 is 0. The molecule has 0 amide bonds. The van der Waals surface area contributed by atoms with Crippen molar-refractivity contribution in [3.05, 3.63) is 40.3 Å². The van der Waals surface area contributed by atoms with Crippen LogP contribution in [-0.4, -0.2) is 16.7 Å². The molecule has 86 valence electrons. The average Bonchev–Trinajstić information content (AvgIpc) is 2.71. The van der Waals surface area contributed by atoms with Gasteiger partial charge in [-0.05, 0) is 29.6 Å². The third kappa shape index (κ3) is 2.56. The number of aromatic nitrogens is 2. The van der Waals surface area contributed by atoms with Crippen molar-refractivity contribution in [2.75, 3.05) is 12.3 Å². The molecule has 17 heavy (non-hydrogen) atoms. The van der Waals surface area contributed by atoms with Crippen molar-refractivity contribution in [1.82, 2.24) is 10.2 Å². The van der Waals surface area contributed by atoms with Gasteiger partial charge in [-0.1, -0.05) is 23.3 Å². The van der Waals surface area contributed by atoms with Crippen LogP contribution in [0.3, 0.4) is 0 Å². The number of H-pyrrole nitrogens is 1. The van der Waals surface area contributed by atoms with Gasteiger partial charge in [0.15, 0.2) is 5.82 Å². The fourth-order valence-electron chi connectivity index (χ4n) is 1.56. The second kappa shape index (κ2) is 5.05. The maximum Gasteiger partial charge on any atom is 0.153 e. The van der Waals surface area contributed by atoms with Gasteiger partial charge in [0, 0.05) is 16.8 Å². The van der Waals surface area contributed by atoms with E-state index in [0.717, 1.165) is 22.9 Å². The largest absolute Gasteiger partial charge is 0.382 e. The van der Waals surface area contributed by atoms with Crippen molar-refractivity contribution < 1.29 is 0 Å². The number of anilines is 1. The van der Waals surface area contributed by atoms with Gasteiger partial charge in [-0.3, -0.25) is 5.10 Å². The lowest BCUT2D eigenvalue weighted by Crippen LogP contribution is -1.83. The minimum absolute atomic E-state index is 0.478. The third-order valence-electron chi connectivity index (χ3n) is 2.39. The summed E-state index contributed by atoms with van der Waals surface area (Å²) < 4.78 is 0. The second-order valence-corrected chi connectivity index (χ2v) is 3.56. The minimum atomic E-state index is 0.478. The quantitative estimate of drug-likeness (QED) is 0.363. The molecule has 0 atom stereocenters. The van der Waals surface area contributed by atoms with Crippen LogP contribution in [0.15, 0.2) is 29.4 Å². The lowest BCUT2D eigenvalue weighted by Gasteiger charge is -1.94. The fraction of sp³-hybridized carbons (Fsp3) is 0.182. The summed E-state index contributed by atoms with van der Waals surface area (Å²) in [5.74, 6) is 0.513. The van der Waals surface area contributed by atoms with Crippen LogP contribution in [0.25, 0.3) is 27.4 Å². The van der Waals surface area contributed by atoms with Gasteiger partial charge in [0.25, 0.3) is 0 Å². The van der Waals surface area contributed by atoms with E-state index in [9.17, 15) is 0 Å². The molecule has 0 unspecified atom stereocenters. The molecular formula is C11H12N6. The number of fused-ring (bicyclic) bond motifs is 1. The Bertz CT molecular complexity index is 591. The van der Waals surface area contributed by atoms with Crippen LogP contribution < -0.4 is 5.73 Å². The minimum Gasteiger partial charge on any atom is -0.382 e. The van der Waals surface area contributed by atoms with Crippen LogP contribution in [0.4, 0.5) is 5.82 Å². The molecule has 2 aromatic rings. The molecule has 0 spiro atoms. The molecule has 0 bridgehead atoms. The molecule has 0 saturated carbocycles. The monoisotopic (exact) mass is 228 g/mol. The number of azide groups is 1. The summed E-state index contributed by atoms with van der Waals surface area (Å²) in [5.41, 5.74) is 15.8. The van der Waals surface area contributed by atoms with Gasteiger partial charge in [0.2, 0.25) is 0 Å². The van der Waals surface area contributed by atoms with Gasteiger partial charge in [-0.2, -0.15) is 5.10 Å². The van der Waals surface area contributed by atoms with Crippen molar-refractivity contribution in [3.8, 4) is 0 Å². The molecule has 1 aromatic heterocycles. The van der Waals surface area contributed by atoms with Crippen LogP contribution in [0.2, 0.25) is 0 Å². The number of nitrogen functional groups attached to an aromatic ring is 1. The van der Waals surface area contributed by atoms with Crippen LogP contribution in [-0.2, 0) is 0 Å². The molecule has 6 heteroatoms. The Hall–Kier alpha value is -2.46. The average molecular weight is 228 g/mol. The van der Waals surface area contributed by atoms with Crippen molar-refractivity contribution in [1.29, 1.82) is 0 Å². The number of nitrogens with two attached hydrogens (primary N) is 1. The highest BCUT2D eigenvalue weighted by molar-refractivity contribution is 5.89. The van der Waals surface area contributed by atoms with Crippen LogP contribution in [0, 0.1) is 0 Å². The molecule has 0 aliphatic carbocycles. The second-order valence-electron chi connectivity index (χ2n) is 3.56. The van der Waals surface area contributed by atoms with Gasteiger partial charge in [0.05, 0.1) is 5.52 Å². The molecule has 6 nitrogen and oxygen atoms in total. The first-order valence-corrected chi connectivity index (χ1v) is 5.22. The number of nitrogens with one attached hydrogen (secondary N) is 1. The lowest BCUT2D eigenvalue weighted by molar-refractivity contribution is 0.996. The fourth-order valence-corrected chi connectivity index (χ4v) is 1.56. The van der Waals surface area contributed by atoms with Gasteiger partial charge in [-0.15, -0.1) is 0 Å². The third-order valence-corrected chi connectivity index (χ3v) is 2.39. The zero-order valence-electron chi connectivity index (χ0n) is 9.17. The van der Waals surface area contributed by atoms with E-state index in [1.807, 2.05) is 30.4 Å². The first kappa shape index (κ1) is 11.0. The summed E-state index contributed by atoms with van der Waals surface area (Å²) in [6, 6.07) is 5.88. The molecule has 0 saturated heterocycles. The topological polar surface area (TPSA) is 103 Å². The standard InChI is InChI=1S/C11H12N6/c12-11-9-5-4-8(7-10(9)15-16-11)3-1-2-6-14-17-13/h1,3-5,7H,2,6H2,(H3,12,15,16). The van der Waals surface area contributed by atoms with E-state index in [1.165, 1.54) is 0 Å². The first-order chi connectivity index (χ1) is 8.31. The Kier molecular flexibility index (Phi) is 3.28. The lowest BCUT2D eigenvalue weighted by atomic mass is 10.1. The summed E-state index contributed by atoms with van der Waals surface area (Å²) in [4.78, 5) is 2.69. The SMILES string of the molecule is [N-]=[N+]=NCCC=Cc1ccc2c(N)n[nH]c2c1. The van der Waals surface area contributed by atoms with E-state index in [4.69, 9.17) is 11.3 Å². The summed E-state index contributed by atoms with van der Waals surface area (Å²) in [5, 5.41) is 11.2. The first-order valence-electron chi connectivity index (χ1n) is 5.22. The number of hydrogen-bond donors (Lipinski definition) is 2. The van der Waals surface area contributed by atoms with Gasteiger partial charge >= 0.3 is 0 Å². The van der Waals surface area contributed by atoms with E-state index < -0.39 is 0 Å². The number of aromatic amines is 1. The molecule has 0 radical (unpaired) electrons. The van der Waals surface area contributed by atoms with E-state index in [1.54, 1.807) is 0 Å². The highest BCUT2D eigenvalue weighted by atomic mass is 15.1. The van der Waals surface area contributed by atoms with Crippen molar-refractivity contribution >= 4 is 22.8 Å². The highest BCUT2D eigenvalue weighted by Crippen LogP contribution is 2.19. The smallest absolute Gasteiger partial charge is 0.153 e. The summed E-state index contributed by atoms with van der Waals surface area (Å²) in [7, 11) is 0. The molecule has 1 aromatic carbocycles. The molecular weight excluding hydrogens is 216 g/mol. The summed E-state index contributed by atoms with van der Waals surface area (Å²) in [6.07, 6.45) is 4.67. The molecule has 0 aliphatic rings. The molecule has 2 rings (SSSR count). The van der Waals surface area contributed by atoms with Gasteiger partial charge < -0.3 is 5.73 Å². The maximum atomic E-state index is 8.11. The highest BCUT2D eigenvalue weighted by Gasteiger charge is 2.00. The number of nitrogens with zero attached hydrogens (tertiary/aromatic N) is 4. The van der Waals surface area contributed by atoms with E-state index in [-0.39, 0.29) is 0 Å². The molecule has 0 fully saturated rings. The normalized spacial score (nSPS) is 10.8. The van der Waals surface area contributed by atoms with E-state index in [2.05, 4.69) is 20.2 Å². The Morgan fingerprint density at radius 1 is 1.53 bits per heavy atom. The van der Waals surface area contributed by atoms with Gasteiger partial charge in [0.1, 0.15) is 0 Å². The predicted octanol–water partition coefficient (Wildman–Crippen LogP) is 2.86. The van der Waals surface area contributed by atoms with Crippen molar-refractivity contribution in [2.45, 2.75) is 6.42 Å². The zero-order chi connectivity index (χ0) is 12.1. The van der Waals surface area contributed by atoms with Crippen LogP contribution >= 0.6 is 0 Å². The van der Waals surface area contributed by atoms with Crippen molar-refractivity contribution in [3.63, 3.8) is 0 Å². The Morgan fingerprint density at radius 3 is 3.24 bits per heavy atom.